The van der Waals surface area contributed by atoms with Gasteiger partial charge in [-0.2, -0.15) is 4.39 Å². The van der Waals surface area contributed by atoms with E-state index in [1.807, 2.05) is 19.0 Å². The lowest BCUT2D eigenvalue weighted by atomic mass is 9.97. The van der Waals surface area contributed by atoms with Gasteiger partial charge in [0.1, 0.15) is 10.0 Å². The van der Waals surface area contributed by atoms with Crippen LogP contribution in [0.1, 0.15) is 15.9 Å². The molecule has 4 amide bonds. The van der Waals surface area contributed by atoms with Crippen LogP contribution in [0, 0.1) is 5.13 Å². The molecule has 3 aromatic rings. The molecule has 1 aromatic carbocycles. The highest BCUT2D eigenvalue weighted by atomic mass is 32.2. The van der Waals surface area contributed by atoms with E-state index in [1.165, 1.54) is 18.3 Å². The Labute approximate surface area is 216 Å². The molecule has 4 rings (SSSR count). The normalized spacial score (nSPS) is 13.5. The van der Waals surface area contributed by atoms with Gasteiger partial charge >= 0.3 is 6.03 Å². The molecule has 0 saturated heterocycles. The quantitative estimate of drug-likeness (QED) is 0.366. The maximum atomic E-state index is 13.1. The molecule has 3 heterocycles. The lowest BCUT2D eigenvalue weighted by Gasteiger charge is -2.26. The molecule has 0 unspecified atom stereocenters. The molecule has 1 aliphatic heterocycles. The van der Waals surface area contributed by atoms with Crippen LogP contribution < -0.4 is 20.3 Å². The van der Waals surface area contributed by atoms with E-state index in [0.29, 0.717) is 29.0 Å². The van der Waals surface area contributed by atoms with Crippen molar-refractivity contribution in [1.82, 2.24) is 14.6 Å². The number of nitrogens with one attached hydrogen (secondary N) is 3. The number of fused-ring (bicyclic) bond motifs is 1. The summed E-state index contributed by atoms with van der Waals surface area (Å²) in [6.07, 6.45) is 1.19. The van der Waals surface area contributed by atoms with Gasteiger partial charge < -0.3 is 15.5 Å². The number of nitrogens with zero attached hydrogens (tertiary/aromatic N) is 3. The molecule has 0 spiro atoms. The largest absolute Gasteiger partial charge is 0.384 e. The summed E-state index contributed by atoms with van der Waals surface area (Å²) in [5.41, 5.74) is 1.92. The molecule has 3 N–H and O–H groups in total. The van der Waals surface area contributed by atoms with Gasteiger partial charge in [-0.05, 0) is 62.1 Å². The Morgan fingerprint density at radius 2 is 1.89 bits per heavy atom. The van der Waals surface area contributed by atoms with E-state index in [4.69, 9.17) is 0 Å². The van der Waals surface area contributed by atoms with E-state index >= 15 is 0 Å². The summed E-state index contributed by atoms with van der Waals surface area (Å²) in [4.78, 5) is 45.1. The van der Waals surface area contributed by atoms with Crippen molar-refractivity contribution in [2.24, 2.45) is 0 Å². The number of aromatic nitrogens is 1. The van der Waals surface area contributed by atoms with Gasteiger partial charge in [-0.1, -0.05) is 11.3 Å². The standard InChI is InChI=1S/C23H23FN6O5S2/c1-29(2)10-9-25-15-3-5-17-14(11-15)12-20(31)30(22(17)32)19-7-4-16(13-26-19)27-23(33)28-37(34,35)21-8-6-18(24)36-21/h3-8,11,13,25H,9-10,12H2,1-2H3,(H2,27,28,33). The molecule has 0 aliphatic carbocycles. The Kier molecular flexibility index (Phi) is 7.52. The van der Waals surface area contributed by atoms with E-state index in [0.717, 1.165) is 29.3 Å². The second kappa shape index (κ2) is 10.6. The summed E-state index contributed by atoms with van der Waals surface area (Å²) in [6, 6.07) is 8.88. The second-order valence-electron chi connectivity index (χ2n) is 8.34. The number of imide groups is 1. The van der Waals surface area contributed by atoms with E-state index < -0.39 is 33.0 Å². The number of anilines is 3. The van der Waals surface area contributed by atoms with Gasteiger partial charge in [-0.3, -0.25) is 9.59 Å². The molecule has 11 nitrogen and oxygen atoms in total. The van der Waals surface area contributed by atoms with Crippen LogP contribution in [-0.2, 0) is 21.2 Å². The first kappa shape index (κ1) is 26.2. The number of hydrogen-bond donors (Lipinski definition) is 3. The van der Waals surface area contributed by atoms with Crippen molar-refractivity contribution in [3.63, 3.8) is 0 Å². The van der Waals surface area contributed by atoms with Crippen LogP contribution in [0.4, 0.5) is 26.4 Å². The predicted octanol–water partition coefficient (Wildman–Crippen LogP) is 2.50. The second-order valence-corrected chi connectivity index (χ2v) is 11.3. The number of carbonyl (C=O) groups excluding carboxylic acids is 3. The zero-order valence-electron chi connectivity index (χ0n) is 19.8. The number of urea groups is 1. The number of sulfonamides is 1. The van der Waals surface area contributed by atoms with Gasteiger partial charge in [0.2, 0.25) is 5.91 Å². The van der Waals surface area contributed by atoms with Crippen molar-refractivity contribution in [2.75, 3.05) is 42.7 Å². The SMILES string of the molecule is CN(C)CCNc1ccc2c(c1)CC(=O)N(c1ccc(NC(=O)NS(=O)(=O)c3ccc(F)s3)cn1)C2=O. The van der Waals surface area contributed by atoms with Crippen molar-refractivity contribution in [2.45, 2.75) is 10.6 Å². The number of amides is 4. The third-order valence-electron chi connectivity index (χ3n) is 5.29. The predicted molar refractivity (Wildman–Crippen MR) is 137 cm³/mol. The zero-order chi connectivity index (χ0) is 26.7. The summed E-state index contributed by atoms with van der Waals surface area (Å²) in [5.74, 6) is -0.920. The van der Waals surface area contributed by atoms with E-state index in [2.05, 4.69) is 15.6 Å². The van der Waals surface area contributed by atoms with Gasteiger partial charge in [0, 0.05) is 24.3 Å². The van der Waals surface area contributed by atoms with Crippen molar-refractivity contribution < 1.29 is 27.2 Å². The smallest absolute Gasteiger partial charge is 0.333 e. The maximum absolute atomic E-state index is 13.1. The monoisotopic (exact) mass is 546 g/mol. The molecule has 0 radical (unpaired) electrons. The number of thiophene rings is 1. The van der Waals surface area contributed by atoms with Crippen LogP contribution in [0.3, 0.4) is 0 Å². The zero-order valence-corrected chi connectivity index (χ0v) is 21.5. The Hall–Kier alpha value is -3.88. The van der Waals surface area contributed by atoms with E-state index in [9.17, 15) is 27.2 Å². The number of likely N-dealkylation sites (N-methyl/N-ethyl adjacent to an activating group) is 1. The van der Waals surface area contributed by atoms with Crippen molar-refractivity contribution in [3.8, 4) is 0 Å². The Balaban J connectivity index is 1.42. The summed E-state index contributed by atoms with van der Waals surface area (Å²) in [7, 11) is -0.319. The fourth-order valence-electron chi connectivity index (χ4n) is 3.55. The van der Waals surface area contributed by atoms with E-state index in [1.54, 1.807) is 22.9 Å². The molecule has 0 bridgehead atoms. The highest BCUT2D eigenvalue weighted by Crippen LogP contribution is 2.27. The number of pyridine rings is 1. The molecule has 14 heteroatoms. The topological polar surface area (TPSA) is 141 Å². The van der Waals surface area contributed by atoms with Gasteiger partial charge in [0.05, 0.1) is 18.3 Å². The Morgan fingerprint density at radius 3 is 2.54 bits per heavy atom. The van der Waals surface area contributed by atoms with Crippen LogP contribution in [0.15, 0.2) is 52.9 Å². The van der Waals surface area contributed by atoms with Gasteiger partial charge in [-0.15, -0.1) is 0 Å². The first-order valence-electron chi connectivity index (χ1n) is 11.0. The van der Waals surface area contributed by atoms with Crippen LogP contribution >= 0.6 is 11.3 Å². The average molecular weight is 547 g/mol. The van der Waals surface area contributed by atoms with Crippen LogP contribution in [-0.4, -0.2) is 63.3 Å². The van der Waals surface area contributed by atoms with Gasteiger partial charge in [0.25, 0.3) is 15.9 Å². The maximum Gasteiger partial charge on any atom is 0.333 e. The van der Waals surface area contributed by atoms with Crippen molar-refractivity contribution in [1.29, 1.82) is 0 Å². The molecule has 194 valence electrons. The number of halogens is 1. The van der Waals surface area contributed by atoms with Crippen molar-refractivity contribution >= 4 is 56.4 Å². The first-order chi connectivity index (χ1) is 17.5. The molecular formula is C23H23FN6O5S2. The fraction of sp³-hybridized carbons (Fsp3) is 0.217. The summed E-state index contributed by atoms with van der Waals surface area (Å²) in [6.45, 7) is 1.53. The van der Waals surface area contributed by atoms with Crippen LogP contribution in [0.2, 0.25) is 0 Å². The highest BCUT2D eigenvalue weighted by molar-refractivity contribution is 7.92. The number of hydrogen-bond acceptors (Lipinski definition) is 9. The minimum absolute atomic E-state index is 0.00946. The molecule has 0 atom stereocenters. The van der Waals surface area contributed by atoms with Gasteiger partial charge in [0.15, 0.2) is 5.13 Å². The Bertz CT molecular complexity index is 1460. The minimum Gasteiger partial charge on any atom is -0.384 e. The van der Waals surface area contributed by atoms with Crippen molar-refractivity contribution in [3.05, 3.63) is 64.9 Å². The molecule has 2 aromatic heterocycles. The summed E-state index contributed by atoms with van der Waals surface area (Å²) in [5, 5.41) is 4.85. The van der Waals surface area contributed by atoms with E-state index in [-0.39, 0.29) is 22.1 Å². The average Bonchev–Trinajstić information content (AvgIpc) is 3.27. The third-order valence-corrected chi connectivity index (χ3v) is 7.99. The molecule has 1 aliphatic rings. The first-order valence-corrected chi connectivity index (χ1v) is 13.3. The number of carbonyl (C=O) groups is 3. The third kappa shape index (κ3) is 6.10. The molecule has 37 heavy (non-hydrogen) atoms. The molecule has 0 fully saturated rings. The molecular weight excluding hydrogens is 523 g/mol. The Morgan fingerprint density at radius 1 is 1.14 bits per heavy atom. The number of benzene rings is 1. The van der Waals surface area contributed by atoms with Crippen LogP contribution in [0.25, 0.3) is 0 Å². The lowest BCUT2D eigenvalue weighted by Crippen LogP contribution is -2.43. The summed E-state index contributed by atoms with van der Waals surface area (Å²) < 4.78 is 38.8. The fourth-order valence-corrected chi connectivity index (χ4v) is 5.46. The van der Waals surface area contributed by atoms with Gasteiger partial charge in [-0.25, -0.2) is 27.8 Å². The highest BCUT2D eigenvalue weighted by Gasteiger charge is 2.33. The van der Waals surface area contributed by atoms with Crippen LogP contribution in [0.5, 0.6) is 0 Å². The summed E-state index contributed by atoms with van der Waals surface area (Å²) >= 11 is 0.377. The minimum atomic E-state index is -4.25. The lowest BCUT2D eigenvalue weighted by molar-refractivity contribution is -0.117. The number of rotatable bonds is 8. The molecule has 0 saturated carbocycles.